The van der Waals surface area contributed by atoms with Gasteiger partial charge in [0.1, 0.15) is 17.2 Å². The van der Waals surface area contributed by atoms with Crippen molar-refractivity contribution in [3.8, 4) is 5.75 Å². The van der Waals surface area contributed by atoms with Gasteiger partial charge in [-0.1, -0.05) is 12.1 Å². The van der Waals surface area contributed by atoms with Gasteiger partial charge >= 0.3 is 0 Å². The molecule has 0 saturated heterocycles. The molecule has 1 aromatic carbocycles. The van der Waals surface area contributed by atoms with Crippen LogP contribution in [0.15, 0.2) is 41.7 Å². The fourth-order valence-corrected chi connectivity index (χ4v) is 2.90. The van der Waals surface area contributed by atoms with Crippen LogP contribution in [0.3, 0.4) is 0 Å². The Bertz CT molecular complexity index is 1030. The van der Waals surface area contributed by atoms with E-state index >= 15 is 0 Å². The zero-order chi connectivity index (χ0) is 22.4. The van der Waals surface area contributed by atoms with Crippen molar-refractivity contribution in [1.82, 2.24) is 35.2 Å². The number of hydrogen-bond acceptors (Lipinski definition) is 6. The number of aryl methyl sites for hydroxylation is 2. The molecule has 1 atom stereocenters. The fourth-order valence-electron chi connectivity index (χ4n) is 2.90. The zero-order valence-electron chi connectivity index (χ0n) is 19.0. The van der Waals surface area contributed by atoms with E-state index < -0.39 is 5.60 Å². The van der Waals surface area contributed by atoms with Gasteiger partial charge < -0.3 is 25.0 Å². The Morgan fingerprint density at radius 1 is 1.19 bits per heavy atom. The van der Waals surface area contributed by atoms with Gasteiger partial charge in [0.2, 0.25) is 0 Å². The molecular weight excluding hydrogens is 523 g/mol. The maximum Gasteiger partial charge on any atom is 0.192 e. The van der Waals surface area contributed by atoms with E-state index in [0.29, 0.717) is 19.0 Å². The number of hydrogen-bond donors (Lipinski definition) is 3. The molecule has 0 bridgehead atoms. The second kappa shape index (κ2) is 11.3. The molecule has 0 fully saturated rings. The van der Waals surface area contributed by atoms with E-state index in [1.54, 1.807) is 31.1 Å². The number of nitrogens with one attached hydrogen (secondary N) is 2. The average Bonchev–Trinajstić information content (AvgIpc) is 3.34. The number of ether oxygens (including phenoxy) is 1. The highest BCUT2D eigenvalue weighted by atomic mass is 127. The number of aliphatic hydroxyl groups is 1. The monoisotopic (exact) mass is 554 g/mol. The first-order chi connectivity index (χ1) is 14.8. The summed E-state index contributed by atoms with van der Waals surface area (Å²) in [5, 5.41) is 29.8. The predicted octanol–water partition coefficient (Wildman–Crippen LogP) is 1.63. The summed E-state index contributed by atoms with van der Waals surface area (Å²) in [6, 6.07) is 7.75. The lowest BCUT2D eigenvalue weighted by molar-refractivity contribution is 0.0616. The zero-order valence-corrected chi connectivity index (χ0v) is 21.4. The van der Waals surface area contributed by atoms with Gasteiger partial charge in [-0.3, -0.25) is 4.68 Å². The Morgan fingerprint density at radius 3 is 2.47 bits per heavy atom. The Labute approximate surface area is 205 Å². The Balaban J connectivity index is 0.00000363. The number of nitrogens with zero attached hydrogens (tertiary/aromatic N) is 6. The highest BCUT2D eigenvalue weighted by Crippen LogP contribution is 2.18. The first-order valence-electron chi connectivity index (χ1n) is 10.00. The molecular formula is C21H31IN8O2. The molecule has 2 aromatic heterocycles. The number of rotatable bonds is 8. The number of aromatic nitrogens is 5. The summed E-state index contributed by atoms with van der Waals surface area (Å²) in [5.41, 5.74) is 0.648. The van der Waals surface area contributed by atoms with Crippen LogP contribution in [0.2, 0.25) is 0 Å². The Morgan fingerprint density at radius 2 is 1.91 bits per heavy atom. The summed E-state index contributed by atoms with van der Waals surface area (Å²) in [4.78, 5) is 4.67. The van der Waals surface area contributed by atoms with Gasteiger partial charge in [-0.25, -0.2) is 4.99 Å². The van der Waals surface area contributed by atoms with Gasteiger partial charge in [0.15, 0.2) is 11.8 Å². The molecule has 0 aliphatic heterocycles. The highest BCUT2D eigenvalue weighted by Gasteiger charge is 2.25. The minimum Gasteiger partial charge on any atom is -0.497 e. The number of guanidine groups is 1. The third kappa shape index (κ3) is 6.66. The molecule has 3 rings (SSSR count). The van der Waals surface area contributed by atoms with Crippen molar-refractivity contribution in [2.45, 2.75) is 32.5 Å². The number of halogens is 1. The molecule has 3 aromatic rings. The maximum absolute atomic E-state index is 10.9. The normalized spacial score (nSPS) is 13.2. The largest absolute Gasteiger partial charge is 0.497 e. The lowest BCUT2D eigenvalue weighted by atomic mass is 10.00. The van der Waals surface area contributed by atoms with Crippen LogP contribution in [0.4, 0.5) is 0 Å². The molecule has 3 N–H and O–H groups in total. The van der Waals surface area contributed by atoms with Crippen LogP contribution in [0.5, 0.6) is 5.75 Å². The Hall–Kier alpha value is -2.67. The fraction of sp³-hybridized carbons (Fsp3) is 0.429. The first-order valence-corrected chi connectivity index (χ1v) is 10.00. The van der Waals surface area contributed by atoms with E-state index in [4.69, 9.17) is 4.74 Å². The third-order valence-electron chi connectivity index (χ3n) is 5.10. The summed E-state index contributed by atoms with van der Waals surface area (Å²) in [7, 11) is 5.38. The van der Waals surface area contributed by atoms with Gasteiger partial charge in [-0.05, 0) is 31.5 Å². The predicted molar refractivity (Wildman–Crippen MR) is 133 cm³/mol. The molecule has 0 saturated carbocycles. The van der Waals surface area contributed by atoms with E-state index in [1.807, 2.05) is 49.9 Å². The van der Waals surface area contributed by atoms with Crippen LogP contribution in [-0.4, -0.2) is 49.3 Å². The summed E-state index contributed by atoms with van der Waals surface area (Å²) < 4.78 is 8.79. The van der Waals surface area contributed by atoms with Gasteiger partial charge in [0.25, 0.3) is 0 Å². The molecule has 11 heteroatoms. The minimum atomic E-state index is -1.11. The molecule has 32 heavy (non-hydrogen) atoms. The van der Waals surface area contributed by atoms with Crippen molar-refractivity contribution in [2.75, 3.05) is 13.7 Å². The molecule has 2 heterocycles. The molecule has 1 unspecified atom stereocenters. The quantitative estimate of drug-likeness (QED) is 0.220. The molecule has 0 radical (unpaired) electrons. The van der Waals surface area contributed by atoms with Crippen molar-refractivity contribution >= 4 is 29.9 Å². The molecule has 0 aliphatic rings. The summed E-state index contributed by atoms with van der Waals surface area (Å²) in [6.45, 7) is 4.81. The van der Waals surface area contributed by atoms with Crippen molar-refractivity contribution in [3.05, 3.63) is 59.4 Å². The molecule has 0 aliphatic carbocycles. The van der Waals surface area contributed by atoms with E-state index in [0.717, 1.165) is 28.5 Å². The molecule has 0 spiro atoms. The van der Waals surface area contributed by atoms with Gasteiger partial charge in [0, 0.05) is 25.9 Å². The van der Waals surface area contributed by atoms with Crippen molar-refractivity contribution < 1.29 is 9.84 Å². The second-order valence-corrected chi connectivity index (χ2v) is 7.62. The van der Waals surface area contributed by atoms with Crippen LogP contribution >= 0.6 is 24.0 Å². The lowest BCUT2D eigenvalue weighted by Gasteiger charge is -2.24. The number of benzene rings is 1. The maximum atomic E-state index is 10.9. The van der Waals surface area contributed by atoms with E-state index in [1.165, 1.54) is 0 Å². The minimum absolute atomic E-state index is 0. The molecule has 174 valence electrons. The molecule has 0 amide bonds. The Kier molecular flexibility index (Phi) is 9.01. The van der Waals surface area contributed by atoms with Gasteiger partial charge in [0.05, 0.1) is 32.9 Å². The van der Waals surface area contributed by atoms with Crippen molar-refractivity contribution in [3.63, 3.8) is 0 Å². The van der Waals surface area contributed by atoms with Gasteiger partial charge in [-0.15, -0.1) is 34.2 Å². The van der Waals surface area contributed by atoms with E-state index in [-0.39, 0.29) is 30.5 Å². The van der Waals surface area contributed by atoms with Crippen LogP contribution < -0.4 is 15.4 Å². The van der Waals surface area contributed by atoms with Crippen LogP contribution in [0.25, 0.3) is 0 Å². The average molecular weight is 554 g/mol. The van der Waals surface area contributed by atoms with Crippen LogP contribution in [-0.2, 0) is 32.8 Å². The van der Waals surface area contributed by atoms with Crippen LogP contribution in [0, 0.1) is 6.92 Å². The first kappa shape index (κ1) is 25.6. The lowest BCUT2D eigenvalue weighted by Crippen LogP contribution is -2.44. The summed E-state index contributed by atoms with van der Waals surface area (Å²) in [5.74, 6) is 2.98. The highest BCUT2D eigenvalue weighted by molar-refractivity contribution is 14.0. The summed E-state index contributed by atoms with van der Waals surface area (Å²) in [6.07, 6.45) is 3.46. The SMILES string of the molecule is COc1ccc(CN=C(NCc2nnc(C)n2C)NCC(C)(O)c2cnn(C)c2)cc1.I. The van der Waals surface area contributed by atoms with Crippen LogP contribution in [0.1, 0.15) is 29.7 Å². The number of methoxy groups -OCH3 is 1. The molecule has 10 nitrogen and oxygen atoms in total. The third-order valence-corrected chi connectivity index (χ3v) is 5.10. The van der Waals surface area contributed by atoms with Crippen molar-refractivity contribution in [1.29, 1.82) is 0 Å². The standard InChI is InChI=1S/C21H30N8O2.HI/c1-15-26-27-19(29(15)4)12-23-20(22-10-16-6-8-18(31-5)9-7-16)24-14-21(2,30)17-11-25-28(3)13-17;/h6-9,11,13,30H,10,12,14H2,1-5H3,(H2,22,23,24);1H. The second-order valence-electron chi connectivity index (χ2n) is 7.62. The van der Waals surface area contributed by atoms with E-state index in [9.17, 15) is 5.11 Å². The smallest absolute Gasteiger partial charge is 0.192 e. The summed E-state index contributed by atoms with van der Waals surface area (Å²) >= 11 is 0. The van der Waals surface area contributed by atoms with Gasteiger partial charge in [-0.2, -0.15) is 5.10 Å². The topological polar surface area (TPSA) is 114 Å². The van der Waals surface area contributed by atoms with Crippen molar-refractivity contribution in [2.24, 2.45) is 19.1 Å². The number of aliphatic imine (C=N–C) groups is 1. The van der Waals surface area contributed by atoms with E-state index in [2.05, 4.69) is 30.9 Å².